The van der Waals surface area contributed by atoms with Gasteiger partial charge in [-0.1, -0.05) is 20.8 Å². The Kier molecular flexibility index (Phi) is 6.18. The number of methoxy groups -OCH3 is 1. The first-order valence-electron chi connectivity index (χ1n) is 7.67. The summed E-state index contributed by atoms with van der Waals surface area (Å²) in [6, 6.07) is 4.18. The van der Waals surface area contributed by atoms with Crippen LogP contribution in [-0.2, 0) is 4.43 Å². The van der Waals surface area contributed by atoms with Gasteiger partial charge >= 0.3 is 0 Å². The van der Waals surface area contributed by atoms with Crippen LogP contribution in [0, 0.1) is 5.82 Å². The van der Waals surface area contributed by atoms with Gasteiger partial charge in [0.2, 0.25) is 0 Å². The maximum atomic E-state index is 13.4. The van der Waals surface area contributed by atoms with Crippen molar-refractivity contribution in [2.45, 2.75) is 64.5 Å². The molecule has 0 fully saturated rings. The first kappa shape index (κ1) is 19.1. The predicted octanol–water partition coefficient (Wildman–Crippen LogP) is 4.67. The molecule has 0 aliphatic rings. The minimum absolute atomic E-state index is 0.108. The van der Waals surface area contributed by atoms with Gasteiger partial charge in [0.1, 0.15) is 11.6 Å². The molecule has 2 unspecified atom stereocenters. The fourth-order valence-corrected chi connectivity index (χ4v) is 3.59. The lowest BCUT2D eigenvalue weighted by Gasteiger charge is -2.38. The number of hydrogen-bond donors (Lipinski definition) is 1. The van der Waals surface area contributed by atoms with Crippen LogP contribution in [0.4, 0.5) is 4.39 Å². The average molecular weight is 329 g/mol. The molecule has 1 N–H and O–H groups in total. The molecule has 5 heteroatoms. The van der Waals surface area contributed by atoms with E-state index in [-0.39, 0.29) is 17.0 Å². The maximum Gasteiger partial charge on any atom is 0.192 e. The third kappa shape index (κ3) is 4.79. The summed E-state index contributed by atoms with van der Waals surface area (Å²) in [5.74, 6) is 0.112. The van der Waals surface area contributed by atoms with Crippen LogP contribution in [0.2, 0.25) is 18.1 Å². The van der Waals surface area contributed by atoms with Gasteiger partial charge in [0.05, 0.1) is 13.2 Å². The summed E-state index contributed by atoms with van der Waals surface area (Å²) in [5, 5.41) is 10.5. The summed E-state index contributed by atoms with van der Waals surface area (Å²) in [5.41, 5.74) is 0.466. The van der Waals surface area contributed by atoms with Gasteiger partial charge in [0, 0.05) is 18.1 Å². The zero-order valence-corrected chi connectivity index (χ0v) is 15.7. The monoisotopic (exact) mass is 328 g/mol. The zero-order chi connectivity index (χ0) is 17.1. The highest BCUT2D eigenvalue weighted by Gasteiger charge is 2.38. The Morgan fingerprint density at radius 3 is 2.36 bits per heavy atom. The SMILES string of the molecule is COc1ccc(F)cc1C(O)CC(C)O[Si](C)(C)C(C)(C)C. The summed E-state index contributed by atoms with van der Waals surface area (Å²) in [6.07, 6.45) is -0.513. The van der Waals surface area contributed by atoms with Crippen LogP contribution in [0.15, 0.2) is 18.2 Å². The fraction of sp³-hybridized carbons (Fsp3) is 0.647. The van der Waals surface area contributed by atoms with Gasteiger partial charge in [-0.3, -0.25) is 0 Å². The van der Waals surface area contributed by atoms with Crippen molar-refractivity contribution in [1.29, 1.82) is 0 Å². The third-order valence-corrected chi connectivity index (χ3v) is 9.01. The molecule has 3 nitrogen and oxygen atoms in total. The van der Waals surface area contributed by atoms with Gasteiger partial charge in [-0.15, -0.1) is 0 Å². The molecular weight excluding hydrogens is 299 g/mol. The van der Waals surface area contributed by atoms with E-state index < -0.39 is 14.4 Å². The molecule has 0 saturated heterocycles. The van der Waals surface area contributed by atoms with E-state index in [1.165, 1.54) is 25.3 Å². The first-order valence-corrected chi connectivity index (χ1v) is 10.6. The molecule has 0 heterocycles. The Bertz CT molecular complexity index is 497. The van der Waals surface area contributed by atoms with Gasteiger partial charge < -0.3 is 14.3 Å². The molecule has 2 atom stereocenters. The molecular formula is C17H29FO3Si. The van der Waals surface area contributed by atoms with Gasteiger partial charge in [-0.05, 0) is 43.3 Å². The summed E-state index contributed by atoms with van der Waals surface area (Å²) in [7, 11) is -0.372. The zero-order valence-electron chi connectivity index (χ0n) is 14.7. The van der Waals surface area contributed by atoms with Gasteiger partial charge in [-0.25, -0.2) is 4.39 Å². The number of benzene rings is 1. The smallest absolute Gasteiger partial charge is 0.192 e. The second kappa shape index (κ2) is 7.11. The molecule has 0 aliphatic heterocycles. The molecule has 1 aromatic rings. The predicted molar refractivity (Wildman–Crippen MR) is 90.3 cm³/mol. The molecule has 0 aliphatic carbocycles. The minimum atomic E-state index is -1.89. The van der Waals surface area contributed by atoms with Gasteiger partial charge in [0.25, 0.3) is 0 Å². The van der Waals surface area contributed by atoms with E-state index >= 15 is 0 Å². The van der Waals surface area contributed by atoms with Crippen molar-refractivity contribution < 1.29 is 18.7 Å². The molecule has 126 valence electrons. The largest absolute Gasteiger partial charge is 0.496 e. The van der Waals surface area contributed by atoms with Crippen molar-refractivity contribution in [3.8, 4) is 5.75 Å². The van der Waals surface area contributed by atoms with E-state index in [0.29, 0.717) is 17.7 Å². The Morgan fingerprint density at radius 1 is 1.27 bits per heavy atom. The van der Waals surface area contributed by atoms with E-state index in [1.54, 1.807) is 0 Å². The highest BCUT2D eigenvalue weighted by Crippen LogP contribution is 2.38. The number of aliphatic hydroxyl groups is 1. The lowest BCUT2D eigenvalue weighted by molar-refractivity contribution is 0.0937. The molecule has 0 saturated carbocycles. The fourth-order valence-electron chi connectivity index (χ4n) is 2.13. The summed E-state index contributed by atoms with van der Waals surface area (Å²) < 4.78 is 24.9. The summed E-state index contributed by atoms with van der Waals surface area (Å²) in [4.78, 5) is 0. The van der Waals surface area contributed by atoms with Crippen molar-refractivity contribution in [3.63, 3.8) is 0 Å². The van der Waals surface area contributed by atoms with Gasteiger partial charge in [-0.2, -0.15) is 0 Å². The molecule has 0 radical (unpaired) electrons. The van der Waals surface area contributed by atoms with E-state index in [1.807, 2.05) is 6.92 Å². The van der Waals surface area contributed by atoms with Gasteiger partial charge in [0.15, 0.2) is 8.32 Å². The van der Waals surface area contributed by atoms with Crippen LogP contribution in [0.3, 0.4) is 0 Å². The van der Waals surface area contributed by atoms with E-state index in [4.69, 9.17) is 9.16 Å². The van der Waals surface area contributed by atoms with E-state index in [0.717, 1.165) is 0 Å². The van der Waals surface area contributed by atoms with E-state index in [9.17, 15) is 9.50 Å². The second-order valence-electron chi connectivity index (χ2n) is 7.33. The molecule has 0 amide bonds. The van der Waals surface area contributed by atoms with Crippen LogP contribution in [0.1, 0.15) is 45.8 Å². The summed E-state index contributed by atoms with van der Waals surface area (Å²) >= 11 is 0. The maximum absolute atomic E-state index is 13.4. The van der Waals surface area contributed by atoms with Crippen LogP contribution >= 0.6 is 0 Å². The molecule has 22 heavy (non-hydrogen) atoms. The average Bonchev–Trinajstić information content (AvgIpc) is 2.36. The van der Waals surface area contributed by atoms with Crippen molar-refractivity contribution in [1.82, 2.24) is 0 Å². The van der Waals surface area contributed by atoms with Crippen molar-refractivity contribution in [2.24, 2.45) is 0 Å². The number of aliphatic hydroxyl groups excluding tert-OH is 1. The van der Waals surface area contributed by atoms with Crippen LogP contribution < -0.4 is 4.74 Å². The van der Waals surface area contributed by atoms with Crippen LogP contribution in [0.25, 0.3) is 0 Å². The van der Waals surface area contributed by atoms with Crippen molar-refractivity contribution >= 4 is 8.32 Å². The lowest BCUT2D eigenvalue weighted by atomic mass is 10.0. The summed E-state index contributed by atoms with van der Waals surface area (Å²) in [6.45, 7) is 12.8. The highest BCUT2D eigenvalue weighted by atomic mass is 28.4. The van der Waals surface area contributed by atoms with E-state index in [2.05, 4.69) is 33.9 Å². The Morgan fingerprint density at radius 2 is 1.86 bits per heavy atom. The highest BCUT2D eigenvalue weighted by molar-refractivity contribution is 6.74. The Labute approximate surface area is 134 Å². The number of rotatable bonds is 6. The normalized spacial score (nSPS) is 15.5. The topological polar surface area (TPSA) is 38.7 Å². The number of ether oxygens (including phenoxy) is 1. The quantitative estimate of drug-likeness (QED) is 0.771. The van der Waals surface area contributed by atoms with Crippen LogP contribution in [-0.4, -0.2) is 26.6 Å². The molecule has 1 rings (SSSR count). The van der Waals surface area contributed by atoms with Crippen molar-refractivity contribution in [2.75, 3.05) is 7.11 Å². The number of hydrogen-bond acceptors (Lipinski definition) is 3. The number of halogens is 1. The third-order valence-electron chi connectivity index (χ3n) is 4.41. The first-order chi connectivity index (χ1) is 9.98. The Hall–Kier alpha value is -0.913. The lowest BCUT2D eigenvalue weighted by Crippen LogP contribution is -2.43. The molecule has 1 aromatic carbocycles. The molecule has 0 aromatic heterocycles. The Balaban J connectivity index is 2.81. The van der Waals surface area contributed by atoms with Crippen molar-refractivity contribution in [3.05, 3.63) is 29.6 Å². The molecule has 0 bridgehead atoms. The second-order valence-corrected chi connectivity index (χ2v) is 12.1. The van der Waals surface area contributed by atoms with Crippen LogP contribution in [0.5, 0.6) is 5.75 Å². The standard InChI is InChI=1S/C17H29FO3Si/c1-12(21-22(6,7)17(2,3)4)10-15(19)14-11-13(18)8-9-16(14)20-5/h8-9,11-12,15,19H,10H2,1-7H3. The molecule has 0 spiro atoms. The minimum Gasteiger partial charge on any atom is -0.496 e.